The predicted molar refractivity (Wildman–Crippen MR) is 52.2 cm³/mol. The summed E-state index contributed by atoms with van der Waals surface area (Å²) in [6, 6.07) is 0. The summed E-state index contributed by atoms with van der Waals surface area (Å²) < 4.78 is 5.12. The number of unbranched alkanes of at least 4 members (excludes halogenated alkanes) is 1. The molecule has 1 aromatic rings. The van der Waals surface area contributed by atoms with Gasteiger partial charge in [-0.05, 0) is 12.8 Å². The third-order valence-electron chi connectivity index (χ3n) is 1.81. The maximum atomic E-state index is 5.83. The van der Waals surface area contributed by atoms with Crippen LogP contribution in [-0.2, 0) is 6.42 Å². The van der Waals surface area contributed by atoms with E-state index in [1.807, 2.05) is 0 Å². The highest BCUT2D eigenvalue weighted by Crippen LogP contribution is 2.25. The highest BCUT2D eigenvalue weighted by Gasteiger charge is 2.08. The minimum Gasteiger partial charge on any atom is -0.492 e. The number of methoxy groups -OCH3 is 1. The Bertz CT molecular complexity index is 278. The molecule has 0 amide bonds. The first-order chi connectivity index (χ1) is 6.29. The van der Waals surface area contributed by atoms with E-state index in [1.165, 1.54) is 6.33 Å². The van der Waals surface area contributed by atoms with Gasteiger partial charge in [-0.15, -0.1) is 0 Å². The predicted octanol–water partition coefficient (Wildman–Crippen LogP) is 2.48. The average Bonchev–Trinajstić information content (AvgIpc) is 2.15. The van der Waals surface area contributed by atoms with Crippen LogP contribution in [0.15, 0.2) is 6.33 Å². The van der Waals surface area contributed by atoms with E-state index in [0.717, 1.165) is 25.0 Å². The van der Waals surface area contributed by atoms with Crippen molar-refractivity contribution in [2.75, 3.05) is 7.11 Å². The summed E-state index contributed by atoms with van der Waals surface area (Å²) >= 11 is 5.83. The Balaban J connectivity index is 2.85. The number of aryl methyl sites for hydroxylation is 1. The largest absolute Gasteiger partial charge is 0.492 e. The monoisotopic (exact) mass is 200 g/mol. The van der Waals surface area contributed by atoms with Gasteiger partial charge in [-0.25, -0.2) is 9.97 Å². The lowest BCUT2D eigenvalue weighted by atomic mass is 10.2. The van der Waals surface area contributed by atoms with Crippen molar-refractivity contribution in [3.8, 4) is 5.75 Å². The van der Waals surface area contributed by atoms with Crippen LogP contribution in [0.4, 0.5) is 0 Å². The first-order valence-electron chi connectivity index (χ1n) is 4.33. The molecular weight excluding hydrogens is 188 g/mol. The molecular formula is C9H13ClN2O. The van der Waals surface area contributed by atoms with Crippen molar-refractivity contribution in [2.24, 2.45) is 0 Å². The van der Waals surface area contributed by atoms with Gasteiger partial charge in [0.1, 0.15) is 6.33 Å². The van der Waals surface area contributed by atoms with Crippen molar-refractivity contribution in [1.29, 1.82) is 0 Å². The molecule has 0 aliphatic carbocycles. The molecule has 72 valence electrons. The van der Waals surface area contributed by atoms with E-state index in [1.54, 1.807) is 7.11 Å². The summed E-state index contributed by atoms with van der Waals surface area (Å²) in [5, 5.41) is 0.392. The standard InChI is InChI=1S/C9H13ClN2O/c1-3-4-5-7-8(13-2)9(10)12-6-11-7/h6H,3-5H2,1-2H3. The first-order valence-corrected chi connectivity index (χ1v) is 4.70. The molecule has 0 N–H and O–H groups in total. The molecule has 4 heteroatoms. The molecule has 1 heterocycles. The Labute approximate surface area is 83.1 Å². The van der Waals surface area contributed by atoms with Crippen molar-refractivity contribution >= 4 is 11.6 Å². The summed E-state index contributed by atoms with van der Waals surface area (Å²) in [5.41, 5.74) is 0.893. The van der Waals surface area contributed by atoms with E-state index in [0.29, 0.717) is 10.9 Å². The van der Waals surface area contributed by atoms with Crippen LogP contribution in [0.25, 0.3) is 0 Å². The van der Waals surface area contributed by atoms with Crippen LogP contribution in [-0.4, -0.2) is 17.1 Å². The average molecular weight is 201 g/mol. The van der Waals surface area contributed by atoms with Crippen molar-refractivity contribution < 1.29 is 4.74 Å². The quantitative estimate of drug-likeness (QED) is 0.701. The highest BCUT2D eigenvalue weighted by atomic mass is 35.5. The molecule has 0 saturated heterocycles. The fraction of sp³-hybridized carbons (Fsp3) is 0.556. The van der Waals surface area contributed by atoms with Crippen LogP contribution >= 0.6 is 11.6 Å². The number of halogens is 1. The van der Waals surface area contributed by atoms with E-state index in [9.17, 15) is 0 Å². The van der Waals surface area contributed by atoms with E-state index in [-0.39, 0.29) is 0 Å². The normalized spacial score (nSPS) is 10.1. The second-order valence-electron chi connectivity index (χ2n) is 2.75. The van der Waals surface area contributed by atoms with Gasteiger partial charge in [-0.2, -0.15) is 0 Å². The molecule has 1 aromatic heterocycles. The first kappa shape index (κ1) is 10.3. The zero-order chi connectivity index (χ0) is 9.68. The zero-order valence-electron chi connectivity index (χ0n) is 7.88. The number of nitrogens with zero attached hydrogens (tertiary/aromatic N) is 2. The van der Waals surface area contributed by atoms with E-state index >= 15 is 0 Å². The lowest BCUT2D eigenvalue weighted by molar-refractivity contribution is 0.404. The Morgan fingerprint density at radius 2 is 2.23 bits per heavy atom. The SMILES string of the molecule is CCCCc1ncnc(Cl)c1OC. The lowest BCUT2D eigenvalue weighted by Crippen LogP contribution is -1.98. The number of aromatic nitrogens is 2. The molecule has 3 nitrogen and oxygen atoms in total. The molecule has 0 bridgehead atoms. The summed E-state index contributed by atoms with van der Waals surface area (Å²) in [6.07, 6.45) is 4.58. The summed E-state index contributed by atoms with van der Waals surface area (Å²) in [4.78, 5) is 7.98. The Kier molecular flexibility index (Phi) is 3.96. The van der Waals surface area contributed by atoms with E-state index in [2.05, 4.69) is 16.9 Å². The molecule has 0 unspecified atom stereocenters. The molecule has 0 spiro atoms. The summed E-state index contributed by atoms with van der Waals surface area (Å²) in [6.45, 7) is 2.13. The highest BCUT2D eigenvalue weighted by molar-refractivity contribution is 6.30. The van der Waals surface area contributed by atoms with Crippen molar-refractivity contribution in [3.05, 3.63) is 17.2 Å². The van der Waals surface area contributed by atoms with Gasteiger partial charge in [0.2, 0.25) is 0 Å². The third kappa shape index (κ3) is 2.56. The molecule has 13 heavy (non-hydrogen) atoms. The van der Waals surface area contributed by atoms with Crippen molar-refractivity contribution in [1.82, 2.24) is 9.97 Å². The van der Waals surface area contributed by atoms with Gasteiger partial charge >= 0.3 is 0 Å². The van der Waals surface area contributed by atoms with Crippen LogP contribution in [0.2, 0.25) is 5.15 Å². The molecule has 0 aromatic carbocycles. The second-order valence-corrected chi connectivity index (χ2v) is 3.11. The number of ether oxygens (including phenoxy) is 1. The van der Waals surface area contributed by atoms with Gasteiger partial charge in [-0.1, -0.05) is 24.9 Å². The molecule has 0 saturated carbocycles. The second kappa shape index (κ2) is 5.02. The Hall–Kier alpha value is -0.830. The number of hydrogen-bond acceptors (Lipinski definition) is 3. The fourth-order valence-corrected chi connectivity index (χ4v) is 1.34. The van der Waals surface area contributed by atoms with Crippen LogP contribution in [0, 0.1) is 0 Å². The van der Waals surface area contributed by atoms with Crippen LogP contribution < -0.4 is 4.74 Å². The van der Waals surface area contributed by atoms with Crippen LogP contribution in [0.3, 0.4) is 0 Å². The topological polar surface area (TPSA) is 35.0 Å². The number of rotatable bonds is 4. The Morgan fingerprint density at radius 1 is 1.46 bits per heavy atom. The van der Waals surface area contributed by atoms with Gasteiger partial charge in [0, 0.05) is 0 Å². The van der Waals surface area contributed by atoms with E-state index in [4.69, 9.17) is 16.3 Å². The summed E-state index contributed by atoms with van der Waals surface area (Å²) in [7, 11) is 1.58. The molecule has 0 aliphatic rings. The van der Waals surface area contributed by atoms with Gasteiger partial charge in [0.05, 0.1) is 12.8 Å². The zero-order valence-corrected chi connectivity index (χ0v) is 8.64. The summed E-state index contributed by atoms with van der Waals surface area (Å²) in [5.74, 6) is 0.609. The van der Waals surface area contributed by atoms with Gasteiger partial charge < -0.3 is 4.74 Å². The molecule has 0 fully saturated rings. The fourth-order valence-electron chi connectivity index (χ4n) is 1.11. The van der Waals surface area contributed by atoms with Gasteiger partial charge in [0.15, 0.2) is 10.9 Å². The van der Waals surface area contributed by atoms with Gasteiger partial charge in [-0.3, -0.25) is 0 Å². The lowest BCUT2D eigenvalue weighted by Gasteiger charge is -2.06. The molecule has 0 aliphatic heterocycles. The Morgan fingerprint density at radius 3 is 2.85 bits per heavy atom. The van der Waals surface area contributed by atoms with Crippen LogP contribution in [0.5, 0.6) is 5.75 Å². The number of hydrogen-bond donors (Lipinski definition) is 0. The maximum Gasteiger partial charge on any atom is 0.177 e. The molecule has 1 rings (SSSR count). The minimum atomic E-state index is 0.392. The maximum absolute atomic E-state index is 5.83. The third-order valence-corrected chi connectivity index (χ3v) is 2.07. The van der Waals surface area contributed by atoms with Crippen molar-refractivity contribution in [2.45, 2.75) is 26.2 Å². The molecule has 0 atom stereocenters. The van der Waals surface area contributed by atoms with E-state index < -0.39 is 0 Å². The van der Waals surface area contributed by atoms with Gasteiger partial charge in [0.25, 0.3) is 0 Å². The van der Waals surface area contributed by atoms with Crippen molar-refractivity contribution in [3.63, 3.8) is 0 Å². The smallest absolute Gasteiger partial charge is 0.177 e. The van der Waals surface area contributed by atoms with Crippen LogP contribution in [0.1, 0.15) is 25.5 Å². The minimum absolute atomic E-state index is 0.392. The molecule has 0 radical (unpaired) electrons.